The number of hydrogen-bond donors (Lipinski definition) is 1. The summed E-state index contributed by atoms with van der Waals surface area (Å²) >= 11 is 14.3. The molecule has 2 nitrogen and oxygen atoms in total. The zero-order chi connectivity index (χ0) is 18.4. The van der Waals surface area contributed by atoms with Crippen molar-refractivity contribution in [2.24, 2.45) is 0 Å². The number of thiazole rings is 1. The predicted molar refractivity (Wildman–Crippen MR) is 114 cm³/mol. The Labute approximate surface area is 181 Å². The van der Waals surface area contributed by atoms with Crippen LogP contribution in [-0.4, -0.2) is 0 Å². The first-order valence-electron chi connectivity index (χ1n) is 8.98. The number of nitrogens with zero attached hydrogens (tertiary/aromatic N) is 1. The molecule has 0 spiro atoms. The van der Waals surface area contributed by atoms with Crippen molar-refractivity contribution in [1.29, 1.82) is 0 Å². The third-order valence-corrected chi connectivity index (χ3v) is 5.72. The lowest BCUT2D eigenvalue weighted by molar-refractivity contribution is -0.668. The van der Waals surface area contributed by atoms with Gasteiger partial charge in [-0.3, -0.25) is 0 Å². The Bertz CT molecular complexity index is 850. The van der Waals surface area contributed by atoms with Crippen LogP contribution in [0.1, 0.15) is 32.6 Å². The molecule has 1 N–H and O–H groups in total. The van der Waals surface area contributed by atoms with Gasteiger partial charge in [0.15, 0.2) is 0 Å². The fraction of sp³-hybridized carbons (Fsp3) is 0.286. The maximum atomic E-state index is 6.48. The maximum absolute atomic E-state index is 6.48. The summed E-state index contributed by atoms with van der Waals surface area (Å²) in [6, 6.07) is 16.0. The Hall–Kier alpha value is -1.26. The second kappa shape index (κ2) is 10.9. The third-order valence-electron chi connectivity index (χ3n) is 4.29. The van der Waals surface area contributed by atoms with Crippen molar-refractivity contribution in [2.75, 3.05) is 5.32 Å². The maximum Gasteiger partial charge on any atom is 0.339 e. The molecule has 0 radical (unpaired) electrons. The van der Waals surface area contributed by atoms with Crippen LogP contribution in [0.3, 0.4) is 0 Å². The highest BCUT2D eigenvalue weighted by Gasteiger charge is 2.21. The molecule has 0 aliphatic carbocycles. The first-order chi connectivity index (χ1) is 12.7. The van der Waals surface area contributed by atoms with Crippen molar-refractivity contribution < 1.29 is 17.0 Å². The number of nitrogens with one attached hydrogen (secondary N) is 1. The van der Waals surface area contributed by atoms with Gasteiger partial charge in [0.25, 0.3) is 0 Å². The highest BCUT2D eigenvalue weighted by molar-refractivity contribution is 7.13. The minimum absolute atomic E-state index is 0. The van der Waals surface area contributed by atoms with Gasteiger partial charge in [0.2, 0.25) is 0 Å². The predicted octanol–water partition coefficient (Wildman–Crippen LogP) is 4.34. The van der Waals surface area contributed by atoms with Crippen LogP contribution in [0, 0.1) is 0 Å². The number of hydrogen-bond acceptors (Lipinski definition) is 2. The van der Waals surface area contributed by atoms with Crippen molar-refractivity contribution in [3.63, 3.8) is 0 Å². The molecule has 144 valence electrons. The van der Waals surface area contributed by atoms with Crippen LogP contribution in [0.4, 0.5) is 10.8 Å². The largest absolute Gasteiger partial charge is 1.00 e. The number of rotatable bonds is 8. The van der Waals surface area contributed by atoms with Gasteiger partial charge < -0.3 is 12.4 Å². The molecule has 1 aromatic heterocycles. The molecular formula is C21H23Cl3N2S. The summed E-state index contributed by atoms with van der Waals surface area (Å²) in [5.41, 5.74) is 3.24. The Morgan fingerprint density at radius 1 is 1.00 bits per heavy atom. The molecule has 0 saturated heterocycles. The standard InChI is InChI=1S/C21H22Cl2N2S.ClH/c1-2-3-4-8-13-25-20(18-12-11-16(22)14-19(18)23)15-26-21(25)24-17-9-6-5-7-10-17;/h5-7,9-12,14-15H,2-4,8,13H2,1H3;1H. The molecule has 0 aliphatic heterocycles. The molecule has 2 aromatic carbocycles. The molecule has 0 aliphatic rings. The first-order valence-corrected chi connectivity index (χ1v) is 10.6. The number of halogens is 3. The van der Waals surface area contributed by atoms with Gasteiger partial charge in [-0.1, -0.05) is 72.5 Å². The second-order valence-corrected chi connectivity index (χ2v) is 7.96. The normalized spacial score (nSPS) is 10.5. The topological polar surface area (TPSA) is 15.9 Å². The minimum atomic E-state index is 0. The van der Waals surface area contributed by atoms with E-state index in [0.29, 0.717) is 10.0 Å². The molecule has 6 heteroatoms. The molecule has 27 heavy (non-hydrogen) atoms. The molecule has 3 rings (SSSR count). The third kappa shape index (κ3) is 5.86. The summed E-state index contributed by atoms with van der Waals surface area (Å²) < 4.78 is 2.34. The number of benzene rings is 2. The summed E-state index contributed by atoms with van der Waals surface area (Å²) in [7, 11) is 0. The Morgan fingerprint density at radius 3 is 2.48 bits per heavy atom. The van der Waals surface area contributed by atoms with Gasteiger partial charge in [-0.2, -0.15) is 0 Å². The lowest BCUT2D eigenvalue weighted by Crippen LogP contribution is -3.00. The van der Waals surface area contributed by atoms with Crippen molar-refractivity contribution in [2.45, 2.75) is 39.2 Å². The molecule has 0 unspecified atom stereocenters. The number of aromatic nitrogens is 1. The molecule has 3 aromatic rings. The van der Waals surface area contributed by atoms with Gasteiger partial charge in [-0.05, 0) is 43.2 Å². The molecule has 1 heterocycles. The molecule has 0 bridgehead atoms. The minimum Gasteiger partial charge on any atom is -1.00 e. The van der Waals surface area contributed by atoms with Crippen molar-refractivity contribution in [3.05, 3.63) is 64.0 Å². The van der Waals surface area contributed by atoms with Gasteiger partial charge in [-0.15, -0.1) is 0 Å². The molecule has 0 atom stereocenters. The number of anilines is 2. The fourth-order valence-electron chi connectivity index (χ4n) is 2.91. The van der Waals surface area contributed by atoms with E-state index in [0.717, 1.165) is 35.0 Å². The van der Waals surface area contributed by atoms with E-state index in [9.17, 15) is 0 Å². The van der Waals surface area contributed by atoms with E-state index in [1.54, 1.807) is 11.3 Å². The summed E-state index contributed by atoms with van der Waals surface area (Å²) in [5.74, 6) is 0. The Morgan fingerprint density at radius 2 is 1.78 bits per heavy atom. The quantitative estimate of drug-likeness (QED) is 0.406. The van der Waals surface area contributed by atoms with E-state index in [1.165, 1.54) is 19.3 Å². The second-order valence-electron chi connectivity index (χ2n) is 6.25. The zero-order valence-electron chi connectivity index (χ0n) is 15.2. The zero-order valence-corrected chi connectivity index (χ0v) is 18.3. The van der Waals surface area contributed by atoms with Crippen LogP contribution in [0.2, 0.25) is 10.0 Å². The molecule has 0 fully saturated rings. The van der Waals surface area contributed by atoms with Gasteiger partial charge in [0.1, 0.15) is 11.4 Å². The number of unbranched alkanes of at least 4 members (excludes halogenated alkanes) is 3. The summed E-state index contributed by atoms with van der Waals surface area (Å²) in [6.07, 6.45) is 4.89. The summed E-state index contributed by atoms with van der Waals surface area (Å²) in [5, 5.41) is 8.18. The molecule has 0 saturated carbocycles. The van der Waals surface area contributed by atoms with E-state index in [4.69, 9.17) is 23.2 Å². The highest BCUT2D eigenvalue weighted by atomic mass is 35.5. The van der Waals surface area contributed by atoms with E-state index in [-0.39, 0.29) is 12.4 Å². The van der Waals surface area contributed by atoms with Gasteiger partial charge in [-0.25, -0.2) is 9.88 Å². The van der Waals surface area contributed by atoms with Crippen LogP contribution in [-0.2, 0) is 6.54 Å². The number of para-hydroxylation sites is 1. The van der Waals surface area contributed by atoms with Crippen molar-refractivity contribution in [3.8, 4) is 11.3 Å². The van der Waals surface area contributed by atoms with Crippen LogP contribution >= 0.6 is 34.5 Å². The monoisotopic (exact) mass is 440 g/mol. The Kier molecular flexibility index (Phi) is 8.91. The smallest absolute Gasteiger partial charge is 0.339 e. The highest BCUT2D eigenvalue weighted by Crippen LogP contribution is 2.32. The van der Waals surface area contributed by atoms with Crippen LogP contribution in [0.5, 0.6) is 0 Å². The van der Waals surface area contributed by atoms with E-state index < -0.39 is 0 Å². The van der Waals surface area contributed by atoms with Crippen LogP contribution < -0.4 is 22.3 Å². The molecular weight excluding hydrogens is 419 g/mol. The van der Waals surface area contributed by atoms with Crippen LogP contribution in [0.15, 0.2) is 53.9 Å². The lowest BCUT2D eigenvalue weighted by atomic mass is 10.1. The Balaban J connectivity index is 0.00000261. The SMILES string of the molecule is CCCCCC[n+]1c(-c2ccc(Cl)cc2Cl)csc1Nc1ccccc1.[Cl-]. The van der Waals surface area contributed by atoms with E-state index in [2.05, 4.69) is 34.3 Å². The van der Waals surface area contributed by atoms with Gasteiger partial charge in [0, 0.05) is 16.0 Å². The van der Waals surface area contributed by atoms with Gasteiger partial charge >= 0.3 is 5.13 Å². The molecule has 0 amide bonds. The lowest BCUT2D eigenvalue weighted by Gasteiger charge is -2.08. The van der Waals surface area contributed by atoms with E-state index >= 15 is 0 Å². The fourth-order valence-corrected chi connectivity index (χ4v) is 4.39. The van der Waals surface area contributed by atoms with Crippen molar-refractivity contribution in [1.82, 2.24) is 0 Å². The van der Waals surface area contributed by atoms with E-state index in [1.807, 2.05) is 36.4 Å². The average Bonchev–Trinajstić information content (AvgIpc) is 3.02. The van der Waals surface area contributed by atoms with Crippen LogP contribution in [0.25, 0.3) is 11.3 Å². The summed E-state index contributed by atoms with van der Waals surface area (Å²) in [6.45, 7) is 3.20. The van der Waals surface area contributed by atoms with Crippen molar-refractivity contribution >= 4 is 45.4 Å². The van der Waals surface area contributed by atoms with Gasteiger partial charge in [0.05, 0.1) is 11.6 Å². The first kappa shape index (κ1) is 22.0. The average molecular weight is 442 g/mol. The summed E-state index contributed by atoms with van der Waals surface area (Å²) in [4.78, 5) is 0.